The fourth-order valence-corrected chi connectivity index (χ4v) is 3.98. The van der Waals surface area contributed by atoms with Crippen LogP contribution < -0.4 is 5.56 Å². The Morgan fingerprint density at radius 2 is 1.40 bits per heavy atom. The highest BCUT2D eigenvalue weighted by Gasteiger charge is 2.28. The number of piperidine rings is 1. The van der Waals surface area contributed by atoms with Crippen molar-refractivity contribution in [1.82, 2.24) is 24.5 Å². The molecule has 4 rings (SSSR count). The van der Waals surface area contributed by atoms with Crippen LogP contribution in [0.4, 0.5) is 4.79 Å². The maximum absolute atomic E-state index is 12.9. The second-order valence-electron chi connectivity index (χ2n) is 7.81. The minimum Gasteiger partial charge on any atom is -0.334 e. The molecule has 158 valence electrons. The Hall–Kier alpha value is -3.16. The van der Waals surface area contributed by atoms with E-state index in [1.807, 2.05) is 40.1 Å². The molecule has 2 aliphatic rings. The van der Waals surface area contributed by atoms with Gasteiger partial charge in [-0.15, -0.1) is 0 Å². The monoisotopic (exact) mass is 409 g/mol. The van der Waals surface area contributed by atoms with E-state index < -0.39 is 0 Å². The van der Waals surface area contributed by atoms with Gasteiger partial charge in [-0.2, -0.15) is 5.10 Å². The molecule has 2 saturated heterocycles. The van der Waals surface area contributed by atoms with Crippen molar-refractivity contribution in [3.05, 3.63) is 64.1 Å². The Kier molecular flexibility index (Phi) is 6.11. The summed E-state index contributed by atoms with van der Waals surface area (Å²) in [5.41, 5.74) is 0.954. The highest BCUT2D eigenvalue weighted by molar-refractivity contribution is 5.92. The van der Waals surface area contributed by atoms with Crippen molar-refractivity contribution < 1.29 is 9.59 Å². The zero-order valence-corrected chi connectivity index (χ0v) is 17.1. The predicted octanol–water partition coefficient (Wildman–Crippen LogP) is 1.66. The van der Waals surface area contributed by atoms with Crippen LogP contribution in [0.25, 0.3) is 0 Å². The van der Waals surface area contributed by atoms with E-state index in [1.54, 1.807) is 4.90 Å². The molecule has 0 atom stereocenters. The van der Waals surface area contributed by atoms with Gasteiger partial charge in [0.15, 0.2) is 0 Å². The molecule has 3 amide bonds. The maximum Gasteiger partial charge on any atom is 0.320 e. The van der Waals surface area contributed by atoms with Crippen molar-refractivity contribution in [2.24, 2.45) is 0 Å². The van der Waals surface area contributed by atoms with E-state index in [1.165, 1.54) is 23.2 Å². The van der Waals surface area contributed by atoms with Gasteiger partial charge in [0.25, 0.3) is 11.5 Å². The lowest BCUT2D eigenvalue weighted by molar-refractivity contribution is 0.0625. The van der Waals surface area contributed by atoms with E-state index >= 15 is 0 Å². The smallest absolute Gasteiger partial charge is 0.320 e. The molecular formula is C22H27N5O3. The molecule has 0 saturated carbocycles. The predicted molar refractivity (Wildman–Crippen MR) is 112 cm³/mol. The fraction of sp³-hybridized carbons (Fsp3) is 0.455. The minimum absolute atomic E-state index is 0.0799. The second-order valence-corrected chi connectivity index (χ2v) is 7.81. The van der Waals surface area contributed by atoms with E-state index in [0.29, 0.717) is 32.7 Å². The summed E-state index contributed by atoms with van der Waals surface area (Å²) in [5, 5.41) is 4.29. The maximum atomic E-state index is 12.9. The topological polar surface area (TPSA) is 78.8 Å². The van der Waals surface area contributed by atoms with E-state index in [0.717, 1.165) is 31.5 Å². The number of carbonyl (C=O) groups is 2. The van der Waals surface area contributed by atoms with E-state index in [9.17, 15) is 14.4 Å². The van der Waals surface area contributed by atoms with Crippen molar-refractivity contribution in [3.63, 3.8) is 0 Å². The van der Waals surface area contributed by atoms with E-state index in [-0.39, 0.29) is 23.2 Å². The lowest BCUT2D eigenvalue weighted by atomic mass is 10.1. The van der Waals surface area contributed by atoms with E-state index in [4.69, 9.17) is 0 Å². The molecule has 8 heteroatoms. The Morgan fingerprint density at radius 3 is 2.10 bits per heavy atom. The number of nitrogens with zero attached hydrogens (tertiary/aromatic N) is 5. The number of hydrogen-bond acceptors (Lipinski definition) is 4. The van der Waals surface area contributed by atoms with Gasteiger partial charge >= 0.3 is 6.03 Å². The van der Waals surface area contributed by atoms with Crippen LogP contribution in [0.15, 0.2) is 47.3 Å². The summed E-state index contributed by atoms with van der Waals surface area (Å²) in [7, 11) is 0. The average Bonchev–Trinajstić information content (AvgIpc) is 2.81. The van der Waals surface area contributed by atoms with Crippen molar-refractivity contribution in [1.29, 1.82) is 0 Å². The largest absolute Gasteiger partial charge is 0.334 e. The molecule has 0 spiro atoms. The van der Waals surface area contributed by atoms with Crippen LogP contribution in [-0.2, 0) is 6.54 Å². The normalized spacial score (nSPS) is 17.1. The first kappa shape index (κ1) is 20.1. The molecule has 3 heterocycles. The molecule has 0 radical (unpaired) electrons. The van der Waals surface area contributed by atoms with Gasteiger partial charge in [0.1, 0.15) is 5.69 Å². The van der Waals surface area contributed by atoms with Gasteiger partial charge in [0.05, 0.1) is 6.54 Å². The third-order valence-electron chi connectivity index (χ3n) is 5.72. The van der Waals surface area contributed by atoms with Gasteiger partial charge in [-0.1, -0.05) is 30.3 Å². The van der Waals surface area contributed by atoms with Gasteiger partial charge in [0, 0.05) is 45.3 Å². The Labute approximate surface area is 175 Å². The molecule has 30 heavy (non-hydrogen) atoms. The summed E-state index contributed by atoms with van der Waals surface area (Å²) in [6.45, 7) is 3.94. The zero-order chi connectivity index (χ0) is 20.9. The van der Waals surface area contributed by atoms with Gasteiger partial charge in [-0.3, -0.25) is 9.59 Å². The van der Waals surface area contributed by atoms with Crippen LogP contribution in [0.1, 0.15) is 35.3 Å². The number of urea groups is 1. The van der Waals surface area contributed by atoms with Crippen LogP contribution in [0, 0.1) is 0 Å². The molecule has 0 aliphatic carbocycles. The van der Waals surface area contributed by atoms with Crippen molar-refractivity contribution in [3.8, 4) is 0 Å². The van der Waals surface area contributed by atoms with Gasteiger partial charge in [-0.25, -0.2) is 9.48 Å². The summed E-state index contributed by atoms with van der Waals surface area (Å²) in [6, 6.07) is 12.5. The van der Waals surface area contributed by atoms with Crippen molar-refractivity contribution in [2.75, 3.05) is 39.3 Å². The number of likely N-dealkylation sites (tertiary alicyclic amines) is 1. The van der Waals surface area contributed by atoms with Crippen molar-refractivity contribution >= 4 is 11.9 Å². The number of aromatic nitrogens is 2. The summed E-state index contributed by atoms with van der Waals surface area (Å²) in [4.78, 5) is 43.2. The molecule has 2 aliphatic heterocycles. The number of amides is 3. The summed E-state index contributed by atoms with van der Waals surface area (Å²) in [5.74, 6) is -0.207. The minimum atomic E-state index is -0.243. The molecular weight excluding hydrogens is 382 g/mol. The standard InChI is InChI=1S/C22H27N5O3/c28-20-10-9-19(23-27(20)17-18-7-3-1-4-8-18)21(29)24-13-15-26(16-14-24)22(30)25-11-5-2-6-12-25/h1,3-4,7-10H,2,5-6,11-17H2. The third kappa shape index (κ3) is 4.53. The second kappa shape index (κ2) is 9.11. The Morgan fingerprint density at radius 1 is 0.767 bits per heavy atom. The lowest BCUT2D eigenvalue weighted by Gasteiger charge is -2.38. The number of piperazine rings is 1. The Balaban J connectivity index is 1.38. The average molecular weight is 409 g/mol. The van der Waals surface area contributed by atoms with Gasteiger partial charge in [-0.05, 0) is 30.9 Å². The highest BCUT2D eigenvalue weighted by Crippen LogP contribution is 2.14. The van der Waals surface area contributed by atoms with Gasteiger partial charge < -0.3 is 14.7 Å². The molecule has 0 unspecified atom stereocenters. The third-order valence-corrected chi connectivity index (χ3v) is 5.72. The molecule has 0 N–H and O–H groups in total. The molecule has 1 aromatic heterocycles. The van der Waals surface area contributed by atoms with Crippen LogP contribution in [0.3, 0.4) is 0 Å². The van der Waals surface area contributed by atoms with Crippen LogP contribution in [-0.4, -0.2) is 75.7 Å². The first-order chi connectivity index (χ1) is 14.6. The SMILES string of the molecule is O=C(c1ccc(=O)n(Cc2ccccc2)n1)N1CCN(C(=O)N2CCCCC2)CC1. The first-order valence-electron chi connectivity index (χ1n) is 10.6. The van der Waals surface area contributed by atoms with E-state index in [2.05, 4.69) is 5.10 Å². The molecule has 2 fully saturated rings. The lowest BCUT2D eigenvalue weighted by Crippen LogP contribution is -2.54. The first-order valence-corrected chi connectivity index (χ1v) is 10.6. The fourth-order valence-electron chi connectivity index (χ4n) is 3.98. The zero-order valence-electron chi connectivity index (χ0n) is 17.1. The molecule has 8 nitrogen and oxygen atoms in total. The number of benzene rings is 1. The highest BCUT2D eigenvalue weighted by atomic mass is 16.2. The van der Waals surface area contributed by atoms with Crippen LogP contribution in [0.2, 0.25) is 0 Å². The van der Waals surface area contributed by atoms with Crippen LogP contribution in [0.5, 0.6) is 0 Å². The Bertz CT molecular complexity index is 945. The summed E-state index contributed by atoms with van der Waals surface area (Å²) < 4.78 is 1.32. The molecule has 1 aromatic carbocycles. The molecule has 0 bridgehead atoms. The molecule has 2 aromatic rings. The number of carbonyl (C=O) groups excluding carboxylic acids is 2. The number of rotatable bonds is 3. The number of hydrogen-bond donors (Lipinski definition) is 0. The summed E-state index contributed by atoms with van der Waals surface area (Å²) >= 11 is 0. The van der Waals surface area contributed by atoms with Crippen LogP contribution >= 0.6 is 0 Å². The summed E-state index contributed by atoms with van der Waals surface area (Å²) in [6.07, 6.45) is 3.31. The quantitative estimate of drug-likeness (QED) is 0.772. The van der Waals surface area contributed by atoms with Gasteiger partial charge in [0.2, 0.25) is 0 Å². The van der Waals surface area contributed by atoms with Crippen molar-refractivity contribution in [2.45, 2.75) is 25.8 Å².